The van der Waals surface area contributed by atoms with Crippen LogP contribution in [0, 0.1) is 17.8 Å². The van der Waals surface area contributed by atoms with Gasteiger partial charge in [-0.2, -0.15) is 11.8 Å². The van der Waals surface area contributed by atoms with Crippen molar-refractivity contribution in [2.45, 2.75) is 39.5 Å². The Hall–Kier alpha value is 0.310. The Kier molecular flexibility index (Phi) is 6.74. The van der Waals surface area contributed by atoms with Crippen LogP contribution in [0.2, 0.25) is 0 Å². The van der Waals surface area contributed by atoms with Crippen LogP contribution in [-0.4, -0.2) is 25.1 Å². The second-order valence-electron chi connectivity index (χ2n) is 5.28. The van der Waals surface area contributed by atoms with E-state index in [0.717, 1.165) is 17.8 Å². The maximum absolute atomic E-state index is 3.60. The summed E-state index contributed by atoms with van der Waals surface area (Å²) in [6.07, 6.45) is 8.06. The Balaban J connectivity index is 1.99. The molecule has 2 atom stereocenters. The van der Waals surface area contributed by atoms with E-state index in [-0.39, 0.29) is 0 Å². The maximum Gasteiger partial charge on any atom is -0.00178 e. The first-order valence-electron chi connectivity index (χ1n) is 6.43. The third-order valence-corrected chi connectivity index (χ3v) is 4.15. The van der Waals surface area contributed by atoms with Crippen LogP contribution in [0.15, 0.2) is 0 Å². The Labute approximate surface area is 99.8 Å². The number of thioether (sulfide) groups is 1. The molecule has 0 aromatic rings. The third-order valence-electron chi connectivity index (χ3n) is 3.46. The highest BCUT2D eigenvalue weighted by Gasteiger charge is 2.29. The van der Waals surface area contributed by atoms with E-state index in [9.17, 15) is 0 Å². The average Bonchev–Trinajstić information content (AvgIpc) is 2.17. The van der Waals surface area contributed by atoms with Crippen LogP contribution in [-0.2, 0) is 0 Å². The first-order valence-corrected chi connectivity index (χ1v) is 7.83. The molecule has 1 aliphatic rings. The first-order chi connectivity index (χ1) is 7.24. The molecule has 15 heavy (non-hydrogen) atoms. The molecule has 90 valence electrons. The van der Waals surface area contributed by atoms with E-state index in [1.54, 1.807) is 0 Å². The fraction of sp³-hybridized carbons (Fsp3) is 1.00. The molecular weight excluding hydrogens is 202 g/mol. The molecule has 0 spiro atoms. The fourth-order valence-corrected chi connectivity index (χ4v) is 2.79. The molecule has 0 amide bonds. The van der Waals surface area contributed by atoms with Crippen molar-refractivity contribution in [1.82, 2.24) is 5.32 Å². The van der Waals surface area contributed by atoms with Gasteiger partial charge in [0.1, 0.15) is 0 Å². The van der Waals surface area contributed by atoms with Crippen LogP contribution in [0.5, 0.6) is 0 Å². The van der Waals surface area contributed by atoms with Gasteiger partial charge in [0.05, 0.1) is 0 Å². The summed E-state index contributed by atoms with van der Waals surface area (Å²) in [5.74, 6) is 4.17. The molecular formula is C13H27NS. The lowest BCUT2D eigenvalue weighted by Crippen LogP contribution is -2.36. The van der Waals surface area contributed by atoms with Crippen molar-refractivity contribution < 1.29 is 0 Å². The summed E-state index contributed by atoms with van der Waals surface area (Å²) < 4.78 is 0. The van der Waals surface area contributed by atoms with Crippen LogP contribution in [0.25, 0.3) is 0 Å². The van der Waals surface area contributed by atoms with E-state index in [1.807, 2.05) is 11.8 Å². The van der Waals surface area contributed by atoms with Gasteiger partial charge in [-0.3, -0.25) is 0 Å². The largest absolute Gasteiger partial charge is 0.316 e. The minimum Gasteiger partial charge on any atom is -0.316 e. The standard InChI is InChI=1S/C13H27NS/c1-11(2)9-14-10-13-7-6-12(13)5-4-8-15-3/h11-14H,4-10H2,1-3H3. The molecule has 0 aromatic carbocycles. The van der Waals surface area contributed by atoms with Crippen LogP contribution in [0.1, 0.15) is 39.5 Å². The van der Waals surface area contributed by atoms with E-state index in [4.69, 9.17) is 0 Å². The van der Waals surface area contributed by atoms with E-state index in [0.29, 0.717) is 0 Å². The second-order valence-corrected chi connectivity index (χ2v) is 6.27. The fourth-order valence-electron chi connectivity index (χ4n) is 2.33. The number of hydrogen-bond donors (Lipinski definition) is 1. The van der Waals surface area contributed by atoms with Crippen molar-refractivity contribution in [1.29, 1.82) is 0 Å². The van der Waals surface area contributed by atoms with E-state index in [2.05, 4.69) is 25.4 Å². The smallest absolute Gasteiger partial charge is 0.00178 e. The number of rotatable bonds is 8. The highest BCUT2D eigenvalue weighted by molar-refractivity contribution is 7.98. The zero-order valence-electron chi connectivity index (χ0n) is 10.6. The van der Waals surface area contributed by atoms with Crippen LogP contribution < -0.4 is 5.32 Å². The molecule has 1 nitrogen and oxygen atoms in total. The molecule has 1 aliphatic carbocycles. The first kappa shape index (κ1) is 13.4. The number of nitrogens with one attached hydrogen (secondary N) is 1. The molecule has 0 aromatic heterocycles. The summed E-state index contributed by atoms with van der Waals surface area (Å²) in [7, 11) is 0. The summed E-state index contributed by atoms with van der Waals surface area (Å²) in [6.45, 7) is 7.02. The normalized spacial score (nSPS) is 25.6. The van der Waals surface area contributed by atoms with E-state index in [1.165, 1.54) is 44.5 Å². The maximum atomic E-state index is 3.60. The van der Waals surface area contributed by atoms with Gasteiger partial charge in [-0.25, -0.2) is 0 Å². The lowest BCUT2D eigenvalue weighted by Gasteiger charge is -2.37. The molecule has 0 bridgehead atoms. The van der Waals surface area contributed by atoms with Crippen molar-refractivity contribution >= 4 is 11.8 Å². The molecule has 0 saturated heterocycles. The highest BCUT2D eigenvalue weighted by atomic mass is 32.2. The molecule has 1 N–H and O–H groups in total. The van der Waals surface area contributed by atoms with E-state index >= 15 is 0 Å². The van der Waals surface area contributed by atoms with Crippen molar-refractivity contribution in [2.75, 3.05) is 25.1 Å². The lowest BCUT2D eigenvalue weighted by molar-refractivity contribution is 0.158. The van der Waals surface area contributed by atoms with Gasteiger partial charge in [-0.1, -0.05) is 13.8 Å². The zero-order valence-corrected chi connectivity index (χ0v) is 11.4. The quantitative estimate of drug-likeness (QED) is 0.640. The Morgan fingerprint density at radius 1 is 1.27 bits per heavy atom. The molecule has 2 unspecified atom stereocenters. The molecule has 1 saturated carbocycles. The summed E-state index contributed by atoms with van der Waals surface area (Å²) >= 11 is 1.99. The van der Waals surface area contributed by atoms with Gasteiger partial charge in [0, 0.05) is 0 Å². The third kappa shape index (κ3) is 5.26. The van der Waals surface area contributed by atoms with Gasteiger partial charge in [0.15, 0.2) is 0 Å². The topological polar surface area (TPSA) is 12.0 Å². The van der Waals surface area contributed by atoms with E-state index < -0.39 is 0 Å². The molecule has 0 heterocycles. The lowest BCUT2D eigenvalue weighted by atomic mass is 9.71. The predicted molar refractivity (Wildman–Crippen MR) is 71.5 cm³/mol. The second kappa shape index (κ2) is 7.56. The molecule has 1 rings (SSSR count). The van der Waals surface area contributed by atoms with Crippen molar-refractivity contribution in [3.8, 4) is 0 Å². The Bertz CT molecular complexity index is 159. The van der Waals surface area contributed by atoms with Crippen LogP contribution >= 0.6 is 11.8 Å². The predicted octanol–water partition coefficient (Wildman–Crippen LogP) is 3.40. The molecule has 0 aliphatic heterocycles. The van der Waals surface area contributed by atoms with Gasteiger partial charge < -0.3 is 5.32 Å². The Morgan fingerprint density at radius 3 is 2.53 bits per heavy atom. The molecule has 2 heteroatoms. The average molecular weight is 229 g/mol. The summed E-state index contributed by atoms with van der Waals surface area (Å²) in [5.41, 5.74) is 0. The van der Waals surface area contributed by atoms with Crippen molar-refractivity contribution in [3.63, 3.8) is 0 Å². The summed E-state index contributed by atoms with van der Waals surface area (Å²) in [4.78, 5) is 0. The monoisotopic (exact) mass is 229 g/mol. The summed E-state index contributed by atoms with van der Waals surface area (Å²) in [6, 6.07) is 0. The molecule has 1 fully saturated rings. The van der Waals surface area contributed by atoms with Crippen LogP contribution in [0.3, 0.4) is 0 Å². The van der Waals surface area contributed by atoms with Crippen LogP contribution in [0.4, 0.5) is 0 Å². The Morgan fingerprint density at radius 2 is 2.00 bits per heavy atom. The SMILES string of the molecule is CSCCCC1CCC1CNCC(C)C. The van der Waals surface area contributed by atoms with Gasteiger partial charge in [0.2, 0.25) is 0 Å². The zero-order chi connectivity index (χ0) is 11.1. The van der Waals surface area contributed by atoms with Gasteiger partial charge in [0.25, 0.3) is 0 Å². The van der Waals surface area contributed by atoms with Gasteiger partial charge in [-0.05, 0) is 68.5 Å². The molecule has 0 radical (unpaired) electrons. The minimum atomic E-state index is 0.792. The van der Waals surface area contributed by atoms with Crippen molar-refractivity contribution in [3.05, 3.63) is 0 Å². The van der Waals surface area contributed by atoms with Gasteiger partial charge in [-0.15, -0.1) is 0 Å². The van der Waals surface area contributed by atoms with Gasteiger partial charge >= 0.3 is 0 Å². The summed E-state index contributed by atoms with van der Waals surface area (Å²) in [5, 5.41) is 3.60. The number of hydrogen-bond acceptors (Lipinski definition) is 2. The van der Waals surface area contributed by atoms with Crippen molar-refractivity contribution in [2.24, 2.45) is 17.8 Å². The highest BCUT2D eigenvalue weighted by Crippen LogP contribution is 2.37. The minimum absolute atomic E-state index is 0.792.